The van der Waals surface area contributed by atoms with Crippen molar-refractivity contribution in [2.45, 2.75) is 57.7 Å². The zero-order valence-electron chi connectivity index (χ0n) is 15.8. The van der Waals surface area contributed by atoms with E-state index in [0.29, 0.717) is 12.8 Å². The second-order valence-electron chi connectivity index (χ2n) is 7.81. The van der Waals surface area contributed by atoms with Gasteiger partial charge < -0.3 is 4.74 Å². The summed E-state index contributed by atoms with van der Waals surface area (Å²) in [5.41, 5.74) is 4.22. The van der Waals surface area contributed by atoms with Gasteiger partial charge in [0.1, 0.15) is 17.6 Å². The Labute approximate surface area is 164 Å². The van der Waals surface area contributed by atoms with Crippen molar-refractivity contribution in [2.24, 2.45) is 0 Å². The Morgan fingerprint density at radius 2 is 1.85 bits per heavy atom. The van der Waals surface area contributed by atoms with Crippen molar-refractivity contribution in [1.29, 1.82) is 0 Å². The molecule has 2 heterocycles. The molecule has 2 aromatic rings. The molecule has 0 N–H and O–H groups in total. The van der Waals surface area contributed by atoms with Crippen LogP contribution in [-0.4, -0.2) is 23.3 Å². The summed E-state index contributed by atoms with van der Waals surface area (Å²) in [4.78, 5) is 25.9. The van der Waals surface area contributed by atoms with Gasteiger partial charge in [0.2, 0.25) is 0 Å². The zero-order chi connectivity index (χ0) is 19.3. The highest BCUT2D eigenvalue weighted by molar-refractivity contribution is 6.31. The van der Waals surface area contributed by atoms with Crippen LogP contribution in [0.15, 0.2) is 36.4 Å². The molecule has 2 fully saturated rings. The first-order valence-corrected chi connectivity index (χ1v) is 9.87. The second-order valence-corrected chi connectivity index (χ2v) is 8.21. The molecule has 140 valence electrons. The molecular formula is C23H23ClO3. The molecule has 0 spiro atoms. The summed E-state index contributed by atoms with van der Waals surface area (Å²) in [7, 11) is 0. The van der Waals surface area contributed by atoms with Crippen molar-refractivity contribution in [3.05, 3.63) is 58.1 Å². The zero-order valence-corrected chi connectivity index (χ0v) is 16.6. The van der Waals surface area contributed by atoms with Gasteiger partial charge >= 0.3 is 0 Å². The molecule has 0 aliphatic carbocycles. The van der Waals surface area contributed by atoms with E-state index in [1.165, 1.54) is 0 Å². The molecule has 1 unspecified atom stereocenters. The van der Waals surface area contributed by atoms with Crippen LogP contribution in [0.5, 0.6) is 0 Å². The molecule has 2 aromatic carbocycles. The summed E-state index contributed by atoms with van der Waals surface area (Å²) in [5, 5.41) is 0.744. The van der Waals surface area contributed by atoms with Crippen LogP contribution in [-0.2, 0) is 20.7 Å². The molecule has 3 atom stereocenters. The van der Waals surface area contributed by atoms with E-state index in [9.17, 15) is 9.59 Å². The predicted molar refractivity (Wildman–Crippen MR) is 106 cm³/mol. The topological polar surface area (TPSA) is 43.4 Å². The van der Waals surface area contributed by atoms with Gasteiger partial charge in [-0.2, -0.15) is 0 Å². The summed E-state index contributed by atoms with van der Waals surface area (Å²) in [5.74, 6) is -0.877. The van der Waals surface area contributed by atoms with Gasteiger partial charge in [-0.05, 0) is 73.1 Å². The number of carbonyl (C=O) groups excluding carboxylic acids is 2. The number of ketones is 2. The highest BCUT2D eigenvalue weighted by Crippen LogP contribution is 2.44. The molecule has 2 bridgehead atoms. The molecule has 0 amide bonds. The minimum Gasteiger partial charge on any atom is -0.356 e. The molecule has 3 nitrogen and oxygen atoms in total. The Kier molecular flexibility index (Phi) is 4.48. The molecule has 4 heteroatoms. The lowest BCUT2D eigenvalue weighted by molar-refractivity contribution is -0.160. The van der Waals surface area contributed by atoms with E-state index in [0.717, 1.165) is 39.3 Å². The largest absolute Gasteiger partial charge is 0.356 e. The summed E-state index contributed by atoms with van der Waals surface area (Å²) >= 11 is 6.15. The minimum absolute atomic E-state index is 0.0836. The summed E-state index contributed by atoms with van der Waals surface area (Å²) < 4.78 is 5.74. The highest BCUT2D eigenvalue weighted by atomic mass is 35.5. The lowest BCUT2D eigenvalue weighted by Gasteiger charge is -2.34. The van der Waals surface area contributed by atoms with Crippen molar-refractivity contribution >= 4 is 23.2 Å². The SMILES string of the molecule is CCc1cc(-c2ccc(Cl)c(C)c2)ccc1C1C(=O)[C@@H]2CC[C@@](C)(O2)C1=O. The van der Waals surface area contributed by atoms with E-state index in [4.69, 9.17) is 16.3 Å². The number of ether oxygens (including phenoxy) is 1. The monoisotopic (exact) mass is 382 g/mol. The quantitative estimate of drug-likeness (QED) is 0.697. The number of fused-ring (bicyclic) bond motifs is 2. The molecular weight excluding hydrogens is 360 g/mol. The van der Waals surface area contributed by atoms with E-state index in [1.807, 2.05) is 38.1 Å². The van der Waals surface area contributed by atoms with E-state index in [2.05, 4.69) is 19.1 Å². The van der Waals surface area contributed by atoms with Gasteiger partial charge in [-0.1, -0.05) is 42.8 Å². The van der Waals surface area contributed by atoms with E-state index in [-0.39, 0.29) is 11.6 Å². The standard InChI is InChI=1S/C23H23ClO3/c1-4-14-12-16(15-6-8-18(24)13(2)11-15)5-7-17(14)20-21(25)19-9-10-23(3,27-19)22(20)26/h5-8,11-12,19-20H,4,9-10H2,1-3H3/t19-,20?,23+/m0/s1. The van der Waals surface area contributed by atoms with Gasteiger partial charge in [0, 0.05) is 5.02 Å². The van der Waals surface area contributed by atoms with Crippen LogP contribution in [0.3, 0.4) is 0 Å². The van der Waals surface area contributed by atoms with E-state index >= 15 is 0 Å². The lowest BCUT2D eigenvalue weighted by Crippen LogP contribution is -2.49. The van der Waals surface area contributed by atoms with Crippen molar-refractivity contribution in [1.82, 2.24) is 0 Å². The first kappa shape index (κ1) is 18.4. The van der Waals surface area contributed by atoms with Crippen LogP contribution in [0.25, 0.3) is 11.1 Å². The summed E-state index contributed by atoms with van der Waals surface area (Å²) in [6.45, 7) is 5.86. The highest BCUT2D eigenvalue weighted by Gasteiger charge is 2.55. The molecule has 0 saturated carbocycles. The molecule has 4 rings (SSSR count). The van der Waals surface area contributed by atoms with E-state index < -0.39 is 17.6 Å². The number of aryl methyl sites for hydroxylation is 2. The lowest BCUT2D eigenvalue weighted by atomic mass is 9.78. The molecule has 2 aliphatic heterocycles. The maximum absolute atomic E-state index is 13.1. The maximum Gasteiger partial charge on any atom is 0.179 e. The summed E-state index contributed by atoms with van der Waals surface area (Å²) in [6, 6.07) is 12.0. The Balaban J connectivity index is 1.77. The number of halogens is 1. The molecule has 27 heavy (non-hydrogen) atoms. The van der Waals surface area contributed by atoms with Gasteiger partial charge in [0.05, 0.1) is 0 Å². The van der Waals surface area contributed by atoms with Crippen molar-refractivity contribution in [3.8, 4) is 11.1 Å². The Bertz CT molecular complexity index is 949. The fourth-order valence-electron chi connectivity index (χ4n) is 4.33. The average molecular weight is 383 g/mol. The number of benzene rings is 2. The fraction of sp³-hybridized carbons (Fsp3) is 0.391. The fourth-order valence-corrected chi connectivity index (χ4v) is 4.45. The third-order valence-corrected chi connectivity index (χ3v) is 6.42. The minimum atomic E-state index is -0.819. The maximum atomic E-state index is 13.1. The number of carbonyl (C=O) groups is 2. The summed E-state index contributed by atoms with van der Waals surface area (Å²) in [6.07, 6.45) is 1.58. The Hall–Kier alpha value is -1.97. The second kappa shape index (κ2) is 6.57. The van der Waals surface area contributed by atoms with Crippen LogP contribution < -0.4 is 0 Å². The van der Waals surface area contributed by atoms with Gasteiger partial charge in [-0.25, -0.2) is 0 Å². The van der Waals surface area contributed by atoms with Crippen molar-refractivity contribution in [3.63, 3.8) is 0 Å². The number of hydrogen-bond acceptors (Lipinski definition) is 3. The van der Waals surface area contributed by atoms with Crippen LogP contribution in [0.1, 0.15) is 49.3 Å². The van der Waals surface area contributed by atoms with Crippen LogP contribution in [0.2, 0.25) is 5.02 Å². The predicted octanol–water partition coefficient (Wildman–Crippen LogP) is 5.05. The Morgan fingerprint density at radius 1 is 1.15 bits per heavy atom. The number of Topliss-reactive ketones (excluding diaryl/α,β-unsaturated/α-hetero) is 2. The van der Waals surface area contributed by atoms with Crippen LogP contribution >= 0.6 is 11.6 Å². The third-order valence-electron chi connectivity index (χ3n) is 6.00. The van der Waals surface area contributed by atoms with Gasteiger partial charge in [0.25, 0.3) is 0 Å². The average Bonchev–Trinajstić information content (AvgIpc) is 3.04. The normalized spacial score (nSPS) is 27.3. The number of rotatable bonds is 3. The first-order valence-electron chi connectivity index (χ1n) is 9.49. The molecule has 2 aliphatic rings. The first-order chi connectivity index (χ1) is 12.8. The van der Waals surface area contributed by atoms with Crippen molar-refractivity contribution in [2.75, 3.05) is 0 Å². The third kappa shape index (κ3) is 2.94. The molecule has 2 saturated heterocycles. The Morgan fingerprint density at radius 3 is 2.56 bits per heavy atom. The molecule has 0 aromatic heterocycles. The number of hydrogen-bond donors (Lipinski definition) is 0. The van der Waals surface area contributed by atoms with Crippen molar-refractivity contribution < 1.29 is 14.3 Å². The van der Waals surface area contributed by atoms with Gasteiger partial charge in [-0.15, -0.1) is 0 Å². The smallest absolute Gasteiger partial charge is 0.179 e. The van der Waals surface area contributed by atoms with Gasteiger partial charge in [0.15, 0.2) is 11.6 Å². The van der Waals surface area contributed by atoms with E-state index in [1.54, 1.807) is 0 Å². The van der Waals surface area contributed by atoms with Crippen LogP contribution in [0, 0.1) is 6.92 Å². The van der Waals surface area contributed by atoms with Gasteiger partial charge in [-0.3, -0.25) is 9.59 Å². The van der Waals surface area contributed by atoms with Crippen LogP contribution in [0.4, 0.5) is 0 Å². The molecule has 0 radical (unpaired) electrons.